The van der Waals surface area contributed by atoms with E-state index in [1.807, 2.05) is 42.5 Å². The summed E-state index contributed by atoms with van der Waals surface area (Å²) in [7, 11) is 0. The Bertz CT molecular complexity index is 1240. The van der Waals surface area contributed by atoms with Gasteiger partial charge in [-0.05, 0) is 36.4 Å². The van der Waals surface area contributed by atoms with Crippen molar-refractivity contribution in [3.05, 3.63) is 107 Å². The summed E-state index contributed by atoms with van der Waals surface area (Å²) in [5, 5.41) is 4.52. The van der Waals surface area contributed by atoms with Gasteiger partial charge in [-0.1, -0.05) is 54.2 Å². The van der Waals surface area contributed by atoms with Crippen LogP contribution in [0.25, 0.3) is 5.65 Å². The fraction of sp³-hybridized carbons (Fsp3) is 0. The molecule has 1 N–H and O–H groups in total. The topological polar surface area (TPSA) is 75.8 Å². The zero-order chi connectivity index (χ0) is 20.1. The zero-order valence-corrected chi connectivity index (χ0v) is 16.0. The van der Waals surface area contributed by atoms with Crippen molar-refractivity contribution in [2.75, 3.05) is 0 Å². The number of aromatic nitrogens is 2. The number of hydrogen-bond acceptors (Lipinski definition) is 5. The number of rotatable bonds is 5. The maximum Gasteiger partial charge on any atom is 0.271 e. The predicted molar refractivity (Wildman–Crippen MR) is 114 cm³/mol. The summed E-state index contributed by atoms with van der Waals surface area (Å²) in [5.41, 5.74) is 3.53. The second-order valence-electron chi connectivity index (χ2n) is 6.04. The third-order valence-corrected chi connectivity index (χ3v) is 5.10. The van der Waals surface area contributed by atoms with Gasteiger partial charge >= 0.3 is 0 Å². The Balaban J connectivity index is 1.69. The van der Waals surface area contributed by atoms with Crippen LogP contribution in [0.4, 0.5) is 0 Å². The van der Waals surface area contributed by atoms with Gasteiger partial charge in [-0.15, -0.1) is 0 Å². The summed E-state index contributed by atoms with van der Waals surface area (Å²) in [6, 6.07) is 23.8. The minimum absolute atomic E-state index is 0.258. The highest BCUT2D eigenvalue weighted by Crippen LogP contribution is 2.27. The number of pyridine rings is 1. The summed E-state index contributed by atoms with van der Waals surface area (Å²) in [6.45, 7) is 0. The number of benzene rings is 2. The molecule has 0 atom stereocenters. The molecular formula is C22H16N4O2S. The molecule has 29 heavy (non-hydrogen) atoms. The van der Waals surface area contributed by atoms with E-state index < -0.39 is 0 Å². The SMILES string of the molecule is O=C(N/N=C\c1c(Sc2ccccc2)nc2ccccn2c1=O)c1ccccc1. The smallest absolute Gasteiger partial charge is 0.268 e. The maximum absolute atomic E-state index is 13.0. The minimum atomic E-state index is -0.354. The predicted octanol–water partition coefficient (Wildman–Crippen LogP) is 3.61. The lowest BCUT2D eigenvalue weighted by atomic mass is 10.2. The van der Waals surface area contributed by atoms with E-state index in [0.717, 1.165) is 4.90 Å². The van der Waals surface area contributed by atoms with Gasteiger partial charge in [0.2, 0.25) is 0 Å². The molecule has 0 radical (unpaired) electrons. The van der Waals surface area contributed by atoms with E-state index in [2.05, 4.69) is 15.5 Å². The fourth-order valence-corrected chi connectivity index (χ4v) is 3.59. The van der Waals surface area contributed by atoms with Crippen LogP contribution in [0, 0.1) is 0 Å². The van der Waals surface area contributed by atoms with Crippen molar-refractivity contribution in [3.8, 4) is 0 Å². The van der Waals surface area contributed by atoms with Crippen LogP contribution in [0.1, 0.15) is 15.9 Å². The molecule has 1 amide bonds. The molecule has 0 aliphatic rings. The number of nitrogens with zero attached hydrogens (tertiary/aromatic N) is 3. The van der Waals surface area contributed by atoms with Crippen LogP contribution in [0.3, 0.4) is 0 Å². The second kappa shape index (κ2) is 8.53. The van der Waals surface area contributed by atoms with Gasteiger partial charge in [0.15, 0.2) is 0 Å². The molecule has 0 spiro atoms. The van der Waals surface area contributed by atoms with Crippen LogP contribution in [-0.4, -0.2) is 21.5 Å². The molecule has 2 aromatic heterocycles. The molecule has 7 heteroatoms. The minimum Gasteiger partial charge on any atom is -0.268 e. The number of carbonyl (C=O) groups is 1. The van der Waals surface area contributed by atoms with Crippen molar-refractivity contribution < 1.29 is 4.79 Å². The highest BCUT2D eigenvalue weighted by Gasteiger charge is 2.13. The number of fused-ring (bicyclic) bond motifs is 1. The molecule has 4 aromatic rings. The van der Waals surface area contributed by atoms with Crippen LogP contribution in [-0.2, 0) is 0 Å². The molecule has 142 valence electrons. The van der Waals surface area contributed by atoms with E-state index in [1.165, 1.54) is 22.4 Å². The highest BCUT2D eigenvalue weighted by atomic mass is 32.2. The lowest BCUT2D eigenvalue weighted by Crippen LogP contribution is -2.22. The Hall–Kier alpha value is -3.71. The summed E-state index contributed by atoms with van der Waals surface area (Å²) >= 11 is 1.37. The van der Waals surface area contributed by atoms with E-state index in [1.54, 1.807) is 42.6 Å². The normalized spacial score (nSPS) is 11.0. The zero-order valence-electron chi connectivity index (χ0n) is 15.2. The Morgan fingerprint density at radius 2 is 1.66 bits per heavy atom. The van der Waals surface area contributed by atoms with Crippen molar-refractivity contribution in [2.24, 2.45) is 5.10 Å². The Morgan fingerprint density at radius 3 is 2.41 bits per heavy atom. The molecular weight excluding hydrogens is 384 g/mol. The van der Waals surface area contributed by atoms with E-state index in [4.69, 9.17) is 0 Å². The van der Waals surface area contributed by atoms with Crippen LogP contribution >= 0.6 is 11.8 Å². The van der Waals surface area contributed by atoms with E-state index in [-0.39, 0.29) is 11.5 Å². The third kappa shape index (κ3) is 4.25. The monoisotopic (exact) mass is 400 g/mol. The maximum atomic E-state index is 13.0. The van der Waals surface area contributed by atoms with E-state index in [9.17, 15) is 9.59 Å². The van der Waals surface area contributed by atoms with Gasteiger partial charge in [0.25, 0.3) is 11.5 Å². The molecule has 4 rings (SSSR count). The number of hydrogen-bond donors (Lipinski definition) is 1. The van der Waals surface area contributed by atoms with Crippen molar-refractivity contribution >= 4 is 29.5 Å². The van der Waals surface area contributed by atoms with Crippen molar-refractivity contribution in [3.63, 3.8) is 0 Å². The Kier molecular flexibility index (Phi) is 5.49. The fourth-order valence-electron chi connectivity index (χ4n) is 2.68. The van der Waals surface area contributed by atoms with Crippen LogP contribution in [0.5, 0.6) is 0 Å². The standard InChI is InChI=1S/C22H16N4O2S/c27-20(16-9-3-1-4-10-16)25-23-15-18-21(29-17-11-5-2-6-12-17)24-19-13-7-8-14-26(19)22(18)28/h1-15H,(H,25,27)/b23-15-. The Labute approximate surface area is 170 Å². The molecule has 0 aliphatic heterocycles. The van der Waals surface area contributed by atoms with Crippen molar-refractivity contribution in [2.45, 2.75) is 9.92 Å². The average Bonchev–Trinajstić information content (AvgIpc) is 2.77. The number of carbonyl (C=O) groups excluding carboxylic acids is 1. The van der Waals surface area contributed by atoms with Gasteiger partial charge in [0.1, 0.15) is 10.7 Å². The van der Waals surface area contributed by atoms with Gasteiger partial charge in [0, 0.05) is 16.7 Å². The molecule has 0 saturated heterocycles. The van der Waals surface area contributed by atoms with Crippen LogP contribution in [0.15, 0.2) is 105 Å². The summed E-state index contributed by atoms with van der Waals surface area (Å²) in [6.07, 6.45) is 3.00. The first-order valence-electron chi connectivity index (χ1n) is 8.85. The van der Waals surface area contributed by atoms with E-state index >= 15 is 0 Å². The van der Waals surface area contributed by atoms with Gasteiger partial charge in [0.05, 0.1) is 11.8 Å². The van der Waals surface area contributed by atoms with Crippen LogP contribution in [0.2, 0.25) is 0 Å². The van der Waals surface area contributed by atoms with Gasteiger partial charge < -0.3 is 0 Å². The average molecular weight is 400 g/mol. The van der Waals surface area contributed by atoms with Gasteiger partial charge in [-0.2, -0.15) is 5.10 Å². The third-order valence-electron chi connectivity index (χ3n) is 4.09. The first kappa shape index (κ1) is 18.6. The molecule has 0 aliphatic carbocycles. The molecule has 2 heterocycles. The molecule has 0 bridgehead atoms. The lowest BCUT2D eigenvalue weighted by molar-refractivity contribution is 0.0955. The van der Waals surface area contributed by atoms with Crippen molar-refractivity contribution in [1.82, 2.24) is 14.8 Å². The lowest BCUT2D eigenvalue weighted by Gasteiger charge is -2.08. The number of nitrogens with one attached hydrogen (secondary N) is 1. The van der Waals surface area contributed by atoms with Gasteiger partial charge in [-0.3, -0.25) is 14.0 Å². The van der Waals surface area contributed by atoms with Gasteiger partial charge in [-0.25, -0.2) is 10.4 Å². The molecule has 0 fully saturated rings. The molecule has 6 nitrogen and oxygen atoms in total. The first-order valence-corrected chi connectivity index (χ1v) is 9.67. The highest BCUT2D eigenvalue weighted by molar-refractivity contribution is 7.99. The van der Waals surface area contributed by atoms with Crippen molar-refractivity contribution in [1.29, 1.82) is 0 Å². The first-order chi connectivity index (χ1) is 14.2. The summed E-state index contributed by atoms with van der Waals surface area (Å²) in [5.74, 6) is -0.354. The molecule has 0 saturated carbocycles. The number of amides is 1. The Morgan fingerprint density at radius 1 is 0.966 bits per heavy atom. The molecule has 2 aromatic carbocycles. The molecule has 0 unspecified atom stereocenters. The van der Waals surface area contributed by atoms with Crippen LogP contribution < -0.4 is 11.0 Å². The summed E-state index contributed by atoms with van der Waals surface area (Å²) in [4.78, 5) is 30.7. The van der Waals surface area contributed by atoms with E-state index in [0.29, 0.717) is 21.8 Å². The quantitative estimate of drug-likeness (QED) is 0.315. The number of hydrazone groups is 1. The summed E-state index contributed by atoms with van der Waals surface area (Å²) < 4.78 is 1.45. The second-order valence-corrected chi connectivity index (χ2v) is 7.11. The largest absolute Gasteiger partial charge is 0.271 e.